The highest BCUT2D eigenvalue weighted by Gasteiger charge is 2.17. The fraction of sp³-hybridized carbons (Fsp3) is 0.745. The minimum absolute atomic E-state index is 0.0280. The van der Waals surface area contributed by atoms with Gasteiger partial charge in [0.05, 0.1) is 13.0 Å². The molecule has 0 N–H and O–H groups in total. The zero-order chi connectivity index (χ0) is 43.5. The Kier molecular flexibility index (Phi) is 48.4. The number of esters is 2. The van der Waals surface area contributed by atoms with Gasteiger partial charge < -0.3 is 14.2 Å². The highest BCUT2D eigenvalue weighted by Crippen LogP contribution is 2.15. The van der Waals surface area contributed by atoms with Crippen LogP contribution in [0.15, 0.2) is 72.9 Å². The van der Waals surface area contributed by atoms with Gasteiger partial charge in [-0.3, -0.25) is 9.59 Å². The Morgan fingerprint density at radius 1 is 0.400 bits per heavy atom. The predicted octanol–water partition coefficient (Wildman–Crippen LogP) is 17.1. The van der Waals surface area contributed by atoms with Crippen LogP contribution in [0.4, 0.5) is 0 Å². The Morgan fingerprint density at radius 3 is 1.32 bits per heavy atom. The molecule has 0 spiro atoms. The summed E-state index contributed by atoms with van der Waals surface area (Å²) in [6.45, 7) is 7.58. The van der Waals surface area contributed by atoms with E-state index in [0.717, 1.165) is 70.6 Å². The van der Waals surface area contributed by atoms with Crippen molar-refractivity contribution in [2.75, 3.05) is 19.8 Å². The first-order valence-corrected chi connectivity index (χ1v) is 25.5. The molecule has 0 aromatic heterocycles. The van der Waals surface area contributed by atoms with Gasteiger partial charge in [-0.25, -0.2) is 0 Å². The number of allylic oxidation sites excluding steroid dienone is 11. The fourth-order valence-corrected chi connectivity index (χ4v) is 6.98. The van der Waals surface area contributed by atoms with Crippen LogP contribution in [0.5, 0.6) is 0 Å². The molecule has 0 amide bonds. The minimum Gasteiger partial charge on any atom is -0.461 e. The van der Waals surface area contributed by atoms with E-state index in [0.29, 0.717) is 13.0 Å². The van der Waals surface area contributed by atoms with Crippen LogP contribution in [-0.4, -0.2) is 37.9 Å². The number of carbonyl (C=O) groups excluding carboxylic acids is 2. The van der Waals surface area contributed by atoms with Gasteiger partial charge in [0, 0.05) is 13.0 Å². The molecule has 0 fully saturated rings. The van der Waals surface area contributed by atoms with Crippen molar-refractivity contribution < 1.29 is 23.8 Å². The van der Waals surface area contributed by atoms with Gasteiger partial charge in [0.15, 0.2) is 6.10 Å². The fourth-order valence-electron chi connectivity index (χ4n) is 6.98. The number of carbonyl (C=O) groups is 2. The number of hydrogen-bond donors (Lipinski definition) is 0. The van der Waals surface area contributed by atoms with Crippen molar-refractivity contribution in [1.82, 2.24) is 0 Å². The van der Waals surface area contributed by atoms with Crippen LogP contribution in [0.1, 0.15) is 239 Å². The van der Waals surface area contributed by atoms with Crippen LogP contribution in [0.3, 0.4) is 0 Å². The Hall–Kier alpha value is -2.66. The van der Waals surface area contributed by atoms with E-state index in [1.165, 1.54) is 135 Å². The predicted molar refractivity (Wildman–Crippen MR) is 260 cm³/mol. The van der Waals surface area contributed by atoms with Crippen LogP contribution in [0.25, 0.3) is 0 Å². The lowest BCUT2D eigenvalue weighted by Gasteiger charge is -2.18. The molecule has 0 saturated heterocycles. The summed E-state index contributed by atoms with van der Waals surface area (Å²) < 4.78 is 17.3. The van der Waals surface area contributed by atoms with Crippen molar-refractivity contribution in [2.45, 2.75) is 245 Å². The quantitative estimate of drug-likeness (QED) is 0.0347. The lowest BCUT2D eigenvalue weighted by atomic mass is 10.0. The summed E-state index contributed by atoms with van der Waals surface area (Å²) in [4.78, 5) is 25.3. The van der Waals surface area contributed by atoms with Gasteiger partial charge >= 0.3 is 11.9 Å². The maximum atomic E-state index is 12.7. The maximum Gasteiger partial charge on any atom is 0.309 e. The van der Waals surface area contributed by atoms with Gasteiger partial charge in [-0.2, -0.15) is 0 Å². The number of hydrogen-bond acceptors (Lipinski definition) is 5. The summed E-state index contributed by atoms with van der Waals surface area (Å²) in [7, 11) is 0. The smallest absolute Gasteiger partial charge is 0.309 e. The highest BCUT2D eigenvalue weighted by molar-refractivity contribution is 5.71. The van der Waals surface area contributed by atoms with Gasteiger partial charge in [0.25, 0.3) is 0 Å². The molecule has 0 aromatic rings. The van der Waals surface area contributed by atoms with Crippen molar-refractivity contribution in [3.63, 3.8) is 0 Å². The normalized spacial score (nSPS) is 12.8. The monoisotopic (exact) mass is 837 g/mol. The standard InChI is InChI=1S/C55H96O5/c1-4-7-10-13-16-19-22-24-26-27-28-30-32-35-38-41-44-47-50-58-51-53(60-55(57)49-46-43-40-37-33-21-18-15-12-9-6-3)52-59-54(56)48-45-42-39-36-34-31-29-25-23-20-17-14-11-8-5-2/h8,11,15,17-18,20,25,29,34,36,42,45,53H,4-7,9-10,12-14,16,19,21-24,26-28,30-33,35,37-41,43-44,46-52H2,1-3H3/b11-8-,18-15-,20-17-,29-25-,36-34-,45-42-. The summed E-state index contributed by atoms with van der Waals surface area (Å²) in [6, 6.07) is 0. The van der Waals surface area contributed by atoms with Crippen LogP contribution >= 0.6 is 0 Å². The zero-order valence-corrected chi connectivity index (χ0v) is 39.7. The van der Waals surface area contributed by atoms with Crippen LogP contribution in [0.2, 0.25) is 0 Å². The van der Waals surface area contributed by atoms with E-state index >= 15 is 0 Å². The molecule has 0 aromatic carbocycles. The first-order valence-electron chi connectivity index (χ1n) is 25.5. The lowest BCUT2D eigenvalue weighted by Crippen LogP contribution is -2.30. The largest absolute Gasteiger partial charge is 0.461 e. The van der Waals surface area contributed by atoms with Crippen LogP contribution in [0, 0.1) is 0 Å². The molecule has 5 nitrogen and oxygen atoms in total. The topological polar surface area (TPSA) is 61.8 Å². The van der Waals surface area contributed by atoms with Crippen molar-refractivity contribution in [3.8, 4) is 0 Å². The van der Waals surface area contributed by atoms with Gasteiger partial charge in [0.1, 0.15) is 6.61 Å². The molecule has 0 aliphatic carbocycles. The summed E-state index contributed by atoms with van der Waals surface area (Å²) in [5.74, 6) is -0.550. The van der Waals surface area contributed by atoms with E-state index in [1.54, 1.807) is 0 Å². The van der Waals surface area contributed by atoms with Crippen LogP contribution < -0.4 is 0 Å². The number of rotatable bonds is 46. The summed E-state index contributed by atoms with van der Waals surface area (Å²) in [5.41, 5.74) is 0. The van der Waals surface area contributed by atoms with E-state index in [-0.39, 0.29) is 31.6 Å². The second kappa shape index (κ2) is 50.7. The third-order valence-corrected chi connectivity index (χ3v) is 10.8. The first-order chi connectivity index (χ1) is 29.6. The first kappa shape index (κ1) is 57.3. The molecule has 1 atom stereocenters. The third-order valence-electron chi connectivity index (χ3n) is 10.8. The van der Waals surface area contributed by atoms with E-state index in [2.05, 4.69) is 81.5 Å². The van der Waals surface area contributed by atoms with Gasteiger partial charge in [-0.05, 0) is 64.2 Å². The minimum atomic E-state index is -0.579. The molecule has 0 aliphatic heterocycles. The molecular weight excluding hydrogens is 741 g/mol. The van der Waals surface area contributed by atoms with Crippen molar-refractivity contribution in [2.24, 2.45) is 0 Å². The van der Waals surface area contributed by atoms with Crippen molar-refractivity contribution in [1.29, 1.82) is 0 Å². The molecule has 0 radical (unpaired) electrons. The molecule has 5 heteroatoms. The third kappa shape index (κ3) is 48.0. The molecule has 346 valence electrons. The van der Waals surface area contributed by atoms with E-state index in [1.807, 2.05) is 12.2 Å². The van der Waals surface area contributed by atoms with Gasteiger partial charge in [-0.1, -0.05) is 235 Å². The Balaban J connectivity index is 4.32. The molecule has 60 heavy (non-hydrogen) atoms. The molecular formula is C55H96O5. The zero-order valence-electron chi connectivity index (χ0n) is 39.7. The van der Waals surface area contributed by atoms with Crippen molar-refractivity contribution >= 4 is 11.9 Å². The highest BCUT2D eigenvalue weighted by atomic mass is 16.6. The molecule has 1 unspecified atom stereocenters. The van der Waals surface area contributed by atoms with E-state index in [9.17, 15) is 9.59 Å². The van der Waals surface area contributed by atoms with E-state index < -0.39 is 6.10 Å². The Labute approximate surface area is 372 Å². The second-order valence-electron chi connectivity index (χ2n) is 16.7. The SMILES string of the molecule is CC/C=C\C/C=C\C/C=C\C/C=C\C/C=C\CC(=O)OCC(COCCCCCCCCCCCCCCCCCCCC)OC(=O)CCCCCCC/C=C\CCCC. The summed E-state index contributed by atoms with van der Waals surface area (Å²) >= 11 is 0. The number of ether oxygens (including phenoxy) is 3. The second-order valence-corrected chi connectivity index (χ2v) is 16.7. The average Bonchev–Trinajstić information content (AvgIpc) is 3.25. The van der Waals surface area contributed by atoms with Gasteiger partial charge in [0.2, 0.25) is 0 Å². The maximum absolute atomic E-state index is 12.7. The molecule has 0 heterocycles. The number of unbranched alkanes of at least 4 members (excludes halogenated alkanes) is 24. The van der Waals surface area contributed by atoms with E-state index in [4.69, 9.17) is 14.2 Å². The molecule has 0 aliphatic rings. The lowest BCUT2D eigenvalue weighted by molar-refractivity contribution is -0.162. The van der Waals surface area contributed by atoms with Crippen molar-refractivity contribution in [3.05, 3.63) is 72.9 Å². The molecule has 0 rings (SSSR count). The Morgan fingerprint density at radius 2 is 0.817 bits per heavy atom. The molecule has 0 saturated carbocycles. The van der Waals surface area contributed by atoms with Crippen LogP contribution in [-0.2, 0) is 23.8 Å². The van der Waals surface area contributed by atoms with Gasteiger partial charge in [-0.15, -0.1) is 0 Å². The molecule has 0 bridgehead atoms. The average molecular weight is 837 g/mol. The summed E-state index contributed by atoms with van der Waals surface area (Å²) in [6.07, 6.45) is 65.1. The Bertz CT molecular complexity index is 1080. The summed E-state index contributed by atoms with van der Waals surface area (Å²) in [5, 5.41) is 0.